The molecule has 50 heavy (non-hydrogen) atoms. The van der Waals surface area contributed by atoms with Gasteiger partial charge in [-0.25, -0.2) is 13.8 Å². The fourth-order valence-corrected chi connectivity index (χ4v) is 7.84. The summed E-state index contributed by atoms with van der Waals surface area (Å²) >= 11 is 0. The van der Waals surface area contributed by atoms with Crippen molar-refractivity contribution >= 4 is 27.5 Å². The Morgan fingerprint density at radius 1 is 1.08 bits per heavy atom. The van der Waals surface area contributed by atoms with Crippen LogP contribution in [-0.4, -0.2) is 89.3 Å². The number of hydrogen-bond donors (Lipinski definition) is 2. The van der Waals surface area contributed by atoms with Gasteiger partial charge in [-0.3, -0.25) is 9.64 Å². The summed E-state index contributed by atoms with van der Waals surface area (Å²) in [5, 5.41) is 15.2. The van der Waals surface area contributed by atoms with E-state index in [0.717, 1.165) is 32.2 Å². The molecule has 4 aromatic rings. The van der Waals surface area contributed by atoms with Crippen LogP contribution in [0.25, 0.3) is 32.9 Å². The summed E-state index contributed by atoms with van der Waals surface area (Å²) in [6.07, 6.45) is 4.20. The summed E-state index contributed by atoms with van der Waals surface area (Å²) in [4.78, 5) is 18.4. The van der Waals surface area contributed by atoms with Crippen LogP contribution in [0.2, 0.25) is 0 Å². The van der Waals surface area contributed by atoms with Gasteiger partial charge in [-0.2, -0.15) is 9.97 Å². The monoisotopic (exact) mass is 694 g/mol. The number of halogens is 5. The quantitative estimate of drug-likeness (QED) is 0.187. The maximum Gasteiger partial charge on any atom is 0.522 e. The maximum atomic E-state index is 17.1. The third-order valence-electron chi connectivity index (χ3n) is 10.4. The second kappa shape index (κ2) is 12.5. The molecule has 262 valence electrons. The van der Waals surface area contributed by atoms with E-state index >= 15 is 4.39 Å². The fourth-order valence-electron chi connectivity index (χ4n) is 7.84. The van der Waals surface area contributed by atoms with Crippen molar-refractivity contribution in [3.63, 3.8) is 0 Å². The predicted molar refractivity (Wildman–Crippen MR) is 176 cm³/mol. The van der Waals surface area contributed by atoms with Crippen LogP contribution in [-0.2, 0) is 11.2 Å². The Balaban J connectivity index is 1.20. The van der Waals surface area contributed by atoms with Crippen molar-refractivity contribution in [2.24, 2.45) is 5.41 Å². The molecule has 1 saturated carbocycles. The van der Waals surface area contributed by atoms with Gasteiger partial charge < -0.3 is 20.1 Å². The van der Waals surface area contributed by atoms with Crippen molar-refractivity contribution in [3.05, 3.63) is 47.2 Å². The lowest BCUT2D eigenvalue weighted by molar-refractivity contribution is -0.340. The van der Waals surface area contributed by atoms with Gasteiger partial charge in [0, 0.05) is 61.7 Å². The third kappa shape index (κ3) is 6.16. The average Bonchev–Trinajstić information content (AvgIpc) is 3.71. The van der Waals surface area contributed by atoms with Gasteiger partial charge in [0.05, 0.1) is 29.4 Å². The molecule has 5 heterocycles. The first-order valence-corrected chi connectivity index (χ1v) is 16.9. The molecule has 14 heteroatoms. The highest BCUT2D eigenvalue weighted by molar-refractivity contribution is 6.03. The zero-order valence-corrected chi connectivity index (χ0v) is 27.1. The number of phenolic OH excluding ortho intramolecular Hbond substituents is 1. The zero-order chi connectivity index (χ0) is 34.8. The molecule has 2 unspecified atom stereocenters. The summed E-state index contributed by atoms with van der Waals surface area (Å²) in [5.74, 6) is 1.31. The van der Waals surface area contributed by atoms with Crippen molar-refractivity contribution in [2.75, 3.05) is 50.8 Å². The number of aromatic nitrogens is 3. The molecule has 1 aliphatic carbocycles. The molecule has 3 aliphatic heterocycles. The normalized spacial score (nSPS) is 21.9. The molecule has 8 rings (SSSR count). The molecular formula is C36H35F5N6O3. The molecule has 4 aliphatic rings. The number of rotatable bonds is 7. The molecule has 0 amide bonds. The highest BCUT2D eigenvalue weighted by atomic mass is 19.4. The Morgan fingerprint density at radius 2 is 1.92 bits per heavy atom. The van der Waals surface area contributed by atoms with Crippen LogP contribution in [0.15, 0.2) is 24.3 Å². The van der Waals surface area contributed by atoms with Gasteiger partial charge in [-0.05, 0) is 62.1 Å². The van der Waals surface area contributed by atoms with Crippen LogP contribution < -0.4 is 15.0 Å². The first-order chi connectivity index (χ1) is 24.0. The summed E-state index contributed by atoms with van der Waals surface area (Å²) in [5.41, 5.74) is 0.235. The number of alkyl halides is 3. The lowest BCUT2D eigenvalue weighted by Crippen LogP contribution is -2.52. The largest absolute Gasteiger partial charge is 0.522 e. The van der Waals surface area contributed by atoms with Gasteiger partial charge in [0.25, 0.3) is 0 Å². The number of ether oxygens (including phenoxy) is 2. The molecule has 2 aromatic heterocycles. The summed E-state index contributed by atoms with van der Waals surface area (Å²) in [6.45, 7) is 3.48. The second-order valence-corrected chi connectivity index (χ2v) is 13.9. The highest BCUT2D eigenvalue weighted by Gasteiger charge is 2.47. The Bertz CT molecular complexity index is 2030. The van der Waals surface area contributed by atoms with Gasteiger partial charge in [0.15, 0.2) is 5.82 Å². The number of phenols is 1. The van der Waals surface area contributed by atoms with E-state index < -0.39 is 24.1 Å². The van der Waals surface area contributed by atoms with E-state index in [0.29, 0.717) is 61.3 Å². The number of aromatic hydroxyl groups is 1. The lowest BCUT2D eigenvalue weighted by Gasteiger charge is -2.39. The van der Waals surface area contributed by atoms with Gasteiger partial charge in [0.1, 0.15) is 28.6 Å². The smallest absolute Gasteiger partial charge is 0.508 e. The zero-order valence-electron chi connectivity index (χ0n) is 27.1. The number of aryl methyl sites for hydroxylation is 1. The molecule has 2 saturated heterocycles. The van der Waals surface area contributed by atoms with E-state index in [1.54, 1.807) is 0 Å². The van der Waals surface area contributed by atoms with E-state index in [1.165, 1.54) is 24.3 Å². The van der Waals surface area contributed by atoms with Gasteiger partial charge >= 0.3 is 12.4 Å². The van der Waals surface area contributed by atoms with Crippen LogP contribution in [0.1, 0.15) is 43.4 Å². The number of terminal acetylenes is 1. The van der Waals surface area contributed by atoms with Crippen molar-refractivity contribution in [1.82, 2.24) is 25.2 Å². The second-order valence-electron chi connectivity index (χ2n) is 13.9. The van der Waals surface area contributed by atoms with Crippen LogP contribution >= 0.6 is 0 Å². The summed E-state index contributed by atoms with van der Waals surface area (Å²) < 4.78 is 80.9. The summed E-state index contributed by atoms with van der Waals surface area (Å²) in [6, 6.07) is 5.55. The molecule has 2 aromatic carbocycles. The number of piperazine rings is 1. The van der Waals surface area contributed by atoms with Crippen molar-refractivity contribution in [2.45, 2.75) is 57.0 Å². The number of anilines is 1. The minimum Gasteiger partial charge on any atom is -0.508 e. The van der Waals surface area contributed by atoms with Crippen molar-refractivity contribution in [1.29, 1.82) is 0 Å². The van der Waals surface area contributed by atoms with Crippen LogP contribution in [0, 0.1) is 29.4 Å². The number of likely N-dealkylation sites (tertiary alicyclic amines) is 1. The van der Waals surface area contributed by atoms with E-state index in [-0.39, 0.29) is 64.1 Å². The van der Waals surface area contributed by atoms with Crippen molar-refractivity contribution in [3.8, 4) is 35.4 Å². The molecule has 9 nitrogen and oxygen atoms in total. The lowest BCUT2D eigenvalue weighted by atomic mass is 9.94. The number of benzene rings is 2. The Morgan fingerprint density at radius 3 is 2.70 bits per heavy atom. The van der Waals surface area contributed by atoms with Crippen LogP contribution in [0.3, 0.4) is 0 Å². The Hall–Kier alpha value is -4.32. The number of hydrogen-bond acceptors (Lipinski definition) is 9. The third-order valence-corrected chi connectivity index (χ3v) is 10.4. The molecule has 0 bridgehead atoms. The van der Waals surface area contributed by atoms with E-state index in [1.807, 2.05) is 4.90 Å². The molecular weight excluding hydrogens is 659 g/mol. The molecule has 0 spiro atoms. The molecule has 2 N–H and O–H groups in total. The SMILES string of the molecule is C#Cc1c(F)ccc2cc(O)cc(-c3nc4c5c(nc(OCC6(CN7CCC(OC(F)(F)F)C7)CC6)nc5c3F)N3CCNCC3CCC4)c12. The van der Waals surface area contributed by atoms with Crippen LogP contribution in [0.4, 0.5) is 27.8 Å². The minimum absolute atomic E-state index is 0.00383. The van der Waals surface area contributed by atoms with Gasteiger partial charge in [-0.15, -0.1) is 19.6 Å². The predicted octanol–water partition coefficient (Wildman–Crippen LogP) is 5.69. The molecule has 0 radical (unpaired) electrons. The van der Waals surface area contributed by atoms with E-state index in [4.69, 9.17) is 21.1 Å². The first-order valence-electron chi connectivity index (χ1n) is 16.9. The fraction of sp³-hybridized carbons (Fsp3) is 0.472. The number of fused-ring (bicyclic) bond motifs is 3. The maximum absolute atomic E-state index is 17.1. The number of nitrogens with zero attached hydrogens (tertiary/aromatic N) is 5. The summed E-state index contributed by atoms with van der Waals surface area (Å²) in [7, 11) is 0. The van der Waals surface area contributed by atoms with Gasteiger partial charge in [0.2, 0.25) is 0 Å². The van der Waals surface area contributed by atoms with Gasteiger partial charge in [-0.1, -0.05) is 12.0 Å². The Kier molecular flexibility index (Phi) is 8.20. The molecule has 3 fully saturated rings. The van der Waals surface area contributed by atoms with Crippen molar-refractivity contribution < 1.29 is 36.5 Å². The average molecular weight is 695 g/mol. The van der Waals surface area contributed by atoms with E-state index in [9.17, 15) is 22.7 Å². The van der Waals surface area contributed by atoms with E-state index in [2.05, 4.69) is 25.9 Å². The number of nitrogens with one attached hydrogen (secondary N) is 1. The number of pyridine rings is 1. The Labute approximate surface area is 284 Å². The minimum atomic E-state index is -4.67. The molecule has 2 atom stereocenters. The van der Waals surface area contributed by atoms with Crippen LogP contribution in [0.5, 0.6) is 11.8 Å². The highest BCUT2D eigenvalue weighted by Crippen LogP contribution is 2.48. The topological polar surface area (TPSA) is 95.9 Å². The first kappa shape index (κ1) is 32.9. The standard InChI is InChI=1S/C36H35F5N6O3/c1-2-24-26(37)7-6-20-14-22(48)15-25(28(20)24)31-30(38)32-29-27(43-31)5-3-4-21-16-42-11-13-47(21)33(29)45-34(44-32)49-19-35(9-10-35)18-46-12-8-23(17-46)50-36(39,40)41/h1,6-7,14-15,21,23,42,48H,3-5,8-13,16-19H2.